The van der Waals surface area contributed by atoms with Crippen LogP contribution in [0.25, 0.3) is 44.3 Å². The van der Waals surface area contributed by atoms with Gasteiger partial charge < -0.3 is 19.9 Å². The van der Waals surface area contributed by atoms with Gasteiger partial charge in [-0.1, -0.05) is 41.9 Å². The van der Waals surface area contributed by atoms with Gasteiger partial charge in [-0.15, -0.1) is 0 Å². The molecule has 1 aliphatic rings. The van der Waals surface area contributed by atoms with E-state index in [0.717, 1.165) is 86.2 Å². The Morgan fingerprint density at radius 3 is 2.50 bits per heavy atom. The molecule has 8 heteroatoms. The van der Waals surface area contributed by atoms with Crippen LogP contribution in [0, 0.1) is 13.8 Å². The molecule has 6 aromatic rings. The lowest BCUT2D eigenvalue weighted by molar-refractivity contribution is 0.175. The van der Waals surface area contributed by atoms with Gasteiger partial charge in [0.25, 0.3) is 0 Å². The summed E-state index contributed by atoms with van der Waals surface area (Å²) < 4.78 is 6.23. The highest BCUT2D eigenvalue weighted by Gasteiger charge is 2.21. The van der Waals surface area contributed by atoms with Gasteiger partial charge in [-0.3, -0.25) is 9.88 Å². The Labute approximate surface area is 260 Å². The topological polar surface area (TPSA) is 94.7 Å². The molecule has 0 bridgehead atoms. The maximum Gasteiger partial charge on any atom is 0.156 e. The fourth-order valence-electron chi connectivity index (χ4n) is 6.27. The van der Waals surface area contributed by atoms with E-state index in [0.29, 0.717) is 23.0 Å². The van der Waals surface area contributed by atoms with E-state index in [2.05, 4.69) is 65.4 Å². The molecular weight excluding hydrogens is 572 g/mol. The van der Waals surface area contributed by atoms with Crippen molar-refractivity contribution in [3.8, 4) is 22.5 Å². The fraction of sp³-hybridized carbons (Fsp3) is 0.222. The van der Waals surface area contributed by atoms with Gasteiger partial charge in [0.15, 0.2) is 11.4 Å². The van der Waals surface area contributed by atoms with E-state index in [1.54, 1.807) is 6.07 Å². The number of aliphatic hydroxyl groups is 2. The predicted octanol–water partition coefficient (Wildman–Crippen LogP) is 7.78. The monoisotopic (exact) mass is 604 g/mol. The van der Waals surface area contributed by atoms with Crippen LogP contribution in [0.2, 0.25) is 5.02 Å². The van der Waals surface area contributed by atoms with Crippen molar-refractivity contribution in [2.24, 2.45) is 0 Å². The Balaban J connectivity index is 1.20. The Morgan fingerprint density at radius 2 is 1.70 bits per heavy atom. The zero-order chi connectivity index (χ0) is 30.4. The summed E-state index contributed by atoms with van der Waals surface area (Å²) in [5.41, 5.74) is 9.63. The molecule has 1 fully saturated rings. The van der Waals surface area contributed by atoms with Gasteiger partial charge in [-0.25, -0.2) is 4.98 Å². The van der Waals surface area contributed by atoms with Crippen LogP contribution >= 0.6 is 11.6 Å². The van der Waals surface area contributed by atoms with Crippen LogP contribution in [0.15, 0.2) is 83.5 Å². The van der Waals surface area contributed by atoms with Crippen molar-refractivity contribution < 1.29 is 14.6 Å². The number of pyridine rings is 2. The summed E-state index contributed by atoms with van der Waals surface area (Å²) in [4.78, 5) is 11.7. The second-order valence-corrected chi connectivity index (χ2v) is 12.0. The Bertz CT molecular complexity index is 2020. The number of aliphatic hydroxyl groups excluding tert-OH is 2. The average molecular weight is 605 g/mol. The second kappa shape index (κ2) is 11.7. The van der Waals surface area contributed by atoms with E-state index in [1.807, 2.05) is 36.7 Å². The molecule has 3 N–H and O–H groups in total. The number of nitrogens with one attached hydrogen (secondary N) is 1. The van der Waals surface area contributed by atoms with E-state index in [4.69, 9.17) is 21.0 Å². The van der Waals surface area contributed by atoms with E-state index >= 15 is 0 Å². The third-order valence-corrected chi connectivity index (χ3v) is 8.88. The van der Waals surface area contributed by atoms with Gasteiger partial charge in [0, 0.05) is 54.1 Å². The SMILES string of the molecule is Cc1c(Nc2nccc3cc(CN4CCC(O)C4)cnc23)cccc1-c1cccc(-c2cc3cc(CO)cc(Cl)c3o2)c1C. The number of likely N-dealkylation sites (tertiary alicyclic amines) is 1. The quantitative estimate of drug-likeness (QED) is 0.171. The normalized spacial score (nSPS) is 15.4. The summed E-state index contributed by atoms with van der Waals surface area (Å²) in [5.74, 6) is 1.44. The zero-order valence-corrected chi connectivity index (χ0v) is 25.4. The maximum absolute atomic E-state index is 9.88. The molecule has 4 heterocycles. The van der Waals surface area contributed by atoms with Crippen molar-refractivity contribution in [2.75, 3.05) is 18.4 Å². The molecule has 0 radical (unpaired) electrons. The van der Waals surface area contributed by atoms with Crippen LogP contribution in [0.5, 0.6) is 0 Å². The lowest BCUT2D eigenvalue weighted by Gasteiger charge is -2.17. The first-order chi connectivity index (χ1) is 21.4. The molecule has 3 aromatic heterocycles. The van der Waals surface area contributed by atoms with Crippen molar-refractivity contribution in [1.29, 1.82) is 0 Å². The summed E-state index contributed by atoms with van der Waals surface area (Å²) in [6.07, 6.45) is 4.31. The largest absolute Gasteiger partial charge is 0.455 e. The minimum absolute atomic E-state index is 0.0791. The number of β-amino-alcohol motifs (C(OH)–C–C–N with tert-alkyl or cyclic N) is 1. The molecule has 0 spiro atoms. The van der Waals surface area contributed by atoms with E-state index in [1.165, 1.54) is 0 Å². The summed E-state index contributed by atoms with van der Waals surface area (Å²) in [5, 5.41) is 25.4. The van der Waals surface area contributed by atoms with Crippen LogP contribution in [-0.4, -0.2) is 44.3 Å². The highest BCUT2D eigenvalue weighted by atomic mass is 35.5. The van der Waals surface area contributed by atoms with Crippen LogP contribution in [0.1, 0.15) is 28.7 Å². The lowest BCUT2D eigenvalue weighted by atomic mass is 9.92. The van der Waals surface area contributed by atoms with E-state index < -0.39 is 0 Å². The predicted molar refractivity (Wildman–Crippen MR) is 176 cm³/mol. The summed E-state index contributed by atoms with van der Waals surface area (Å²) in [7, 11) is 0. The third-order valence-electron chi connectivity index (χ3n) is 8.60. The highest BCUT2D eigenvalue weighted by molar-refractivity contribution is 6.35. The number of rotatable bonds is 7. The first-order valence-corrected chi connectivity index (χ1v) is 15.2. The number of nitrogens with zero attached hydrogens (tertiary/aromatic N) is 3. The molecule has 1 aliphatic heterocycles. The minimum atomic E-state index is -0.237. The van der Waals surface area contributed by atoms with Gasteiger partial charge in [-0.2, -0.15) is 0 Å². The Hall–Kier alpha value is -4.27. The third kappa shape index (κ3) is 5.33. The average Bonchev–Trinajstić information content (AvgIpc) is 3.64. The molecule has 7 rings (SSSR count). The van der Waals surface area contributed by atoms with Crippen LogP contribution in [-0.2, 0) is 13.2 Å². The molecule has 1 saturated heterocycles. The number of anilines is 2. The summed E-state index contributed by atoms with van der Waals surface area (Å²) in [6.45, 7) is 6.52. The lowest BCUT2D eigenvalue weighted by Crippen LogP contribution is -2.21. The first-order valence-electron chi connectivity index (χ1n) is 14.8. The van der Waals surface area contributed by atoms with Gasteiger partial charge in [0.05, 0.1) is 17.7 Å². The zero-order valence-electron chi connectivity index (χ0n) is 24.6. The number of hydrogen-bond donors (Lipinski definition) is 3. The van der Waals surface area contributed by atoms with Crippen LogP contribution in [0.3, 0.4) is 0 Å². The molecule has 1 atom stereocenters. The van der Waals surface area contributed by atoms with E-state index in [9.17, 15) is 10.2 Å². The smallest absolute Gasteiger partial charge is 0.156 e. The molecule has 0 amide bonds. The van der Waals surface area contributed by atoms with Gasteiger partial charge >= 0.3 is 0 Å². The van der Waals surface area contributed by atoms with E-state index in [-0.39, 0.29) is 12.7 Å². The van der Waals surface area contributed by atoms with Gasteiger partial charge in [0.1, 0.15) is 11.3 Å². The summed E-state index contributed by atoms with van der Waals surface area (Å²) in [6, 6.07) is 22.2. The van der Waals surface area contributed by atoms with Crippen molar-refractivity contribution in [2.45, 2.75) is 39.5 Å². The number of furan rings is 1. The minimum Gasteiger partial charge on any atom is -0.455 e. The molecule has 222 valence electrons. The molecule has 7 nitrogen and oxygen atoms in total. The molecule has 1 unspecified atom stereocenters. The van der Waals surface area contributed by atoms with Crippen molar-refractivity contribution in [3.63, 3.8) is 0 Å². The molecular formula is C36H33ClN4O3. The Kier molecular flexibility index (Phi) is 7.56. The number of halogens is 1. The molecule has 0 aliphatic carbocycles. The summed E-state index contributed by atoms with van der Waals surface area (Å²) >= 11 is 6.46. The van der Waals surface area contributed by atoms with Crippen molar-refractivity contribution >= 4 is 45.0 Å². The van der Waals surface area contributed by atoms with Crippen LogP contribution in [0.4, 0.5) is 11.5 Å². The standard InChI is InChI=1S/C36H33ClN4O3/c1-21-28(5-3-7-30(21)33-16-26-13-23(20-42)15-31(37)35(26)44-33)29-6-4-8-32(22(29)2)40-36-34-25(9-11-38-36)14-24(17-39-34)18-41-12-10-27(43)19-41/h3-9,11,13-17,27,42-43H,10,12,18-20H2,1-2H3,(H,38,40). The first kappa shape index (κ1) is 28.5. The fourth-order valence-corrected chi connectivity index (χ4v) is 6.56. The van der Waals surface area contributed by atoms with Crippen molar-refractivity contribution in [1.82, 2.24) is 14.9 Å². The van der Waals surface area contributed by atoms with Crippen LogP contribution < -0.4 is 5.32 Å². The molecule has 0 saturated carbocycles. The number of benzene rings is 3. The highest BCUT2D eigenvalue weighted by Crippen LogP contribution is 2.39. The molecule has 3 aromatic carbocycles. The molecule has 44 heavy (non-hydrogen) atoms. The maximum atomic E-state index is 9.88. The number of aromatic nitrogens is 2. The van der Waals surface area contributed by atoms with Gasteiger partial charge in [0.2, 0.25) is 0 Å². The van der Waals surface area contributed by atoms with Crippen molar-refractivity contribution in [3.05, 3.63) is 106 Å². The Morgan fingerprint density at radius 1 is 0.932 bits per heavy atom. The van der Waals surface area contributed by atoms with Gasteiger partial charge in [-0.05, 0) is 90.0 Å². The number of hydrogen-bond acceptors (Lipinski definition) is 7. The number of fused-ring (bicyclic) bond motifs is 2. The second-order valence-electron chi connectivity index (χ2n) is 11.6.